The van der Waals surface area contributed by atoms with Gasteiger partial charge in [0.15, 0.2) is 0 Å². The molecule has 2 N–H and O–H groups in total. The number of hydrogen-bond donors (Lipinski definition) is 1. The van der Waals surface area contributed by atoms with Gasteiger partial charge in [0, 0.05) is 18.1 Å². The van der Waals surface area contributed by atoms with E-state index in [0.29, 0.717) is 27.8 Å². The first-order chi connectivity index (χ1) is 8.54. The van der Waals surface area contributed by atoms with Gasteiger partial charge in [-0.2, -0.15) is 0 Å². The van der Waals surface area contributed by atoms with Gasteiger partial charge in [-0.25, -0.2) is 9.78 Å². The smallest absolute Gasteiger partial charge is 0.340 e. The molecule has 0 amide bonds. The maximum atomic E-state index is 11.8. The minimum absolute atomic E-state index is 0.309. The zero-order valence-electron chi connectivity index (χ0n) is 9.98. The highest BCUT2D eigenvalue weighted by atomic mass is 35.5. The van der Waals surface area contributed by atoms with E-state index in [1.807, 2.05) is 6.92 Å². The zero-order chi connectivity index (χ0) is 13.3. The second-order valence-electron chi connectivity index (χ2n) is 3.73. The molecule has 6 heteroatoms. The number of methoxy groups -OCH3 is 1. The van der Waals surface area contributed by atoms with Gasteiger partial charge in [0.1, 0.15) is 5.82 Å². The molecule has 2 rings (SSSR count). The van der Waals surface area contributed by atoms with E-state index in [4.69, 9.17) is 22.1 Å². The van der Waals surface area contributed by atoms with Crippen LogP contribution in [0, 0.1) is 6.92 Å². The fourth-order valence-corrected chi connectivity index (χ4v) is 2.06. The molecule has 0 radical (unpaired) electrons. The number of aromatic nitrogens is 2. The summed E-state index contributed by atoms with van der Waals surface area (Å²) in [6.45, 7) is 1.81. The quantitative estimate of drug-likeness (QED) is 0.668. The van der Waals surface area contributed by atoms with E-state index < -0.39 is 5.97 Å². The van der Waals surface area contributed by atoms with Gasteiger partial charge in [-0.3, -0.25) is 0 Å². The summed E-state index contributed by atoms with van der Waals surface area (Å²) in [5, 5.41) is 0.372. The molecule has 0 aliphatic carbocycles. The molecule has 0 fully saturated rings. The molecule has 0 saturated carbocycles. The molecule has 0 saturated heterocycles. The van der Waals surface area contributed by atoms with E-state index in [9.17, 15) is 4.79 Å². The summed E-state index contributed by atoms with van der Waals surface area (Å²) in [6, 6.07) is 3.12. The average Bonchev–Trinajstić information content (AvgIpc) is 2.73. The molecule has 1 aromatic carbocycles. The number of nitrogens with two attached hydrogens (primary N) is 1. The van der Waals surface area contributed by atoms with Gasteiger partial charge in [-0.1, -0.05) is 11.6 Å². The van der Waals surface area contributed by atoms with E-state index in [0.717, 1.165) is 0 Å². The Labute approximate surface area is 109 Å². The number of nitrogen functional groups attached to an aromatic ring is 1. The predicted molar refractivity (Wildman–Crippen MR) is 69.1 cm³/mol. The van der Waals surface area contributed by atoms with Crippen LogP contribution in [0.3, 0.4) is 0 Å². The zero-order valence-corrected chi connectivity index (χ0v) is 10.7. The number of nitrogens with zero attached hydrogens (tertiary/aromatic N) is 2. The van der Waals surface area contributed by atoms with Gasteiger partial charge in [0.25, 0.3) is 0 Å². The lowest BCUT2D eigenvalue weighted by Gasteiger charge is -2.13. The molecular weight excluding hydrogens is 254 g/mol. The van der Waals surface area contributed by atoms with E-state index >= 15 is 0 Å². The van der Waals surface area contributed by atoms with Crippen molar-refractivity contribution in [3.05, 3.63) is 40.9 Å². The Balaban J connectivity index is 2.73. The fourth-order valence-electron chi connectivity index (χ4n) is 1.74. The second-order valence-corrected chi connectivity index (χ2v) is 4.14. The minimum atomic E-state index is -0.493. The van der Waals surface area contributed by atoms with Crippen LogP contribution in [0.5, 0.6) is 0 Å². The van der Waals surface area contributed by atoms with Crippen molar-refractivity contribution in [3.63, 3.8) is 0 Å². The summed E-state index contributed by atoms with van der Waals surface area (Å²) in [5.41, 5.74) is 6.93. The largest absolute Gasteiger partial charge is 0.465 e. The number of anilines is 1. The molecule has 1 heterocycles. The second kappa shape index (κ2) is 4.70. The van der Waals surface area contributed by atoms with Crippen molar-refractivity contribution in [2.75, 3.05) is 12.8 Å². The van der Waals surface area contributed by atoms with Gasteiger partial charge in [0.05, 0.1) is 23.4 Å². The summed E-state index contributed by atoms with van der Waals surface area (Å²) < 4.78 is 6.45. The highest BCUT2D eigenvalue weighted by Gasteiger charge is 2.18. The van der Waals surface area contributed by atoms with Crippen LogP contribution in [-0.2, 0) is 4.74 Å². The molecule has 18 heavy (non-hydrogen) atoms. The minimum Gasteiger partial charge on any atom is -0.465 e. The van der Waals surface area contributed by atoms with Gasteiger partial charge in [0.2, 0.25) is 0 Å². The first kappa shape index (κ1) is 12.4. The number of esters is 1. The standard InChI is InChI=1S/C12H12ClN3O2/c1-7-15-3-4-16(7)11-9(12(17)18-2)5-8(14)6-10(11)13/h3-6H,14H2,1-2H3. The topological polar surface area (TPSA) is 70.1 Å². The summed E-state index contributed by atoms with van der Waals surface area (Å²) in [5.74, 6) is 0.221. The first-order valence-corrected chi connectivity index (χ1v) is 5.60. The average molecular weight is 266 g/mol. The molecule has 5 nitrogen and oxygen atoms in total. The Bertz CT molecular complexity index is 607. The number of hydrogen-bond acceptors (Lipinski definition) is 4. The lowest BCUT2D eigenvalue weighted by Crippen LogP contribution is -2.10. The van der Waals surface area contributed by atoms with E-state index in [2.05, 4.69) is 4.98 Å². The van der Waals surface area contributed by atoms with Crippen LogP contribution < -0.4 is 5.73 Å². The first-order valence-electron chi connectivity index (χ1n) is 5.22. The van der Waals surface area contributed by atoms with Crippen LogP contribution in [0.1, 0.15) is 16.2 Å². The van der Waals surface area contributed by atoms with E-state index in [1.54, 1.807) is 23.0 Å². The van der Waals surface area contributed by atoms with Crippen molar-refractivity contribution >= 4 is 23.3 Å². The molecule has 0 spiro atoms. The van der Waals surface area contributed by atoms with Crippen molar-refractivity contribution in [1.29, 1.82) is 0 Å². The van der Waals surface area contributed by atoms with Crippen molar-refractivity contribution in [1.82, 2.24) is 9.55 Å². The van der Waals surface area contributed by atoms with E-state index in [1.165, 1.54) is 13.2 Å². The van der Waals surface area contributed by atoms with E-state index in [-0.39, 0.29) is 0 Å². The van der Waals surface area contributed by atoms with Gasteiger partial charge in [-0.05, 0) is 19.1 Å². The molecule has 0 aliphatic heterocycles. The molecule has 94 valence electrons. The monoisotopic (exact) mass is 265 g/mol. The Morgan fingerprint density at radius 1 is 1.50 bits per heavy atom. The van der Waals surface area contributed by atoms with Crippen molar-refractivity contribution in [2.24, 2.45) is 0 Å². The molecular formula is C12H12ClN3O2. The van der Waals surface area contributed by atoms with Crippen LogP contribution in [0.25, 0.3) is 5.69 Å². The number of rotatable bonds is 2. The molecule has 0 atom stereocenters. The number of ether oxygens (including phenoxy) is 1. The van der Waals surface area contributed by atoms with Crippen molar-refractivity contribution in [2.45, 2.75) is 6.92 Å². The van der Waals surface area contributed by atoms with Crippen LogP contribution in [0.15, 0.2) is 24.5 Å². The van der Waals surface area contributed by atoms with Crippen molar-refractivity contribution < 1.29 is 9.53 Å². The summed E-state index contributed by atoms with van der Waals surface area (Å²) in [7, 11) is 1.31. The van der Waals surface area contributed by atoms with Gasteiger partial charge >= 0.3 is 5.97 Å². The number of carbonyl (C=O) groups is 1. The van der Waals surface area contributed by atoms with Gasteiger partial charge < -0.3 is 15.0 Å². The maximum absolute atomic E-state index is 11.8. The lowest BCUT2D eigenvalue weighted by molar-refractivity contribution is 0.0601. The summed E-state index contributed by atoms with van der Waals surface area (Å²) in [6.07, 6.45) is 3.35. The van der Waals surface area contributed by atoms with Crippen molar-refractivity contribution in [3.8, 4) is 5.69 Å². The number of carbonyl (C=O) groups excluding carboxylic acids is 1. The number of benzene rings is 1. The Kier molecular flexibility index (Phi) is 3.25. The van der Waals surface area contributed by atoms with Crippen LogP contribution in [-0.4, -0.2) is 22.6 Å². The fraction of sp³-hybridized carbons (Fsp3) is 0.167. The highest BCUT2D eigenvalue weighted by Crippen LogP contribution is 2.29. The molecule has 0 aliphatic rings. The Morgan fingerprint density at radius 2 is 2.22 bits per heavy atom. The third kappa shape index (κ3) is 2.04. The molecule has 0 unspecified atom stereocenters. The summed E-state index contributed by atoms with van der Waals surface area (Å²) >= 11 is 6.16. The van der Waals surface area contributed by atoms with Crippen LogP contribution >= 0.6 is 11.6 Å². The normalized spacial score (nSPS) is 10.4. The SMILES string of the molecule is COC(=O)c1cc(N)cc(Cl)c1-n1ccnc1C. The molecule has 1 aromatic heterocycles. The van der Waals surface area contributed by atoms with Gasteiger partial charge in [-0.15, -0.1) is 0 Å². The van der Waals surface area contributed by atoms with Crippen LogP contribution in [0.2, 0.25) is 5.02 Å². The molecule has 0 bridgehead atoms. The predicted octanol–water partition coefficient (Wildman–Crippen LogP) is 2.20. The Hall–Kier alpha value is -2.01. The Morgan fingerprint density at radius 3 is 2.78 bits per heavy atom. The third-order valence-electron chi connectivity index (χ3n) is 2.56. The number of aryl methyl sites for hydroxylation is 1. The maximum Gasteiger partial charge on any atom is 0.340 e. The number of imidazole rings is 1. The summed E-state index contributed by atoms with van der Waals surface area (Å²) in [4.78, 5) is 15.9. The lowest BCUT2D eigenvalue weighted by atomic mass is 10.1. The van der Waals surface area contributed by atoms with Crippen LogP contribution in [0.4, 0.5) is 5.69 Å². The third-order valence-corrected chi connectivity index (χ3v) is 2.85. The molecule has 2 aromatic rings. The highest BCUT2D eigenvalue weighted by molar-refractivity contribution is 6.33. The number of halogens is 1.